The van der Waals surface area contributed by atoms with Gasteiger partial charge >= 0.3 is 0 Å². The smallest absolute Gasteiger partial charge is 0.232 e. The van der Waals surface area contributed by atoms with Gasteiger partial charge in [-0.25, -0.2) is 9.97 Å². The summed E-state index contributed by atoms with van der Waals surface area (Å²) in [4.78, 5) is 7.86. The summed E-state index contributed by atoms with van der Waals surface area (Å²) in [7, 11) is 0. The van der Waals surface area contributed by atoms with Crippen molar-refractivity contribution in [1.82, 2.24) is 9.97 Å². The van der Waals surface area contributed by atoms with Gasteiger partial charge in [0, 0.05) is 0 Å². The molecule has 1 aromatic heterocycles. The van der Waals surface area contributed by atoms with Crippen LogP contribution in [0.5, 0.6) is 5.88 Å². The second-order valence-electron chi connectivity index (χ2n) is 3.40. The third kappa shape index (κ3) is 3.61. The van der Waals surface area contributed by atoms with Crippen LogP contribution in [-0.2, 0) is 0 Å². The lowest BCUT2D eigenvalue weighted by atomic mass is 10.2. The molecule has 1 aromatic carbocycles. The van der Waals surface area contributed by atoms with Gasteiger partial charge in [0.05, 0.1) is 12.4 Å². The van der Waals surface area contributed by atoms with Gasteiger partial charge in [-0.1, -0.05) is 36.4 Å². The number of nitrogens with zero attached hydrogens (tertiary/aromatic N) is 2. The summed E-state index contributed by atoms with van der Waals surface area (Å²) in [6.07, 6.45) is 6.89. The van der Waals surface area contributed by atoms with Gasteiger partial charge in [0.1, 0.15) is 12.4 Å². The number of nitrogen functional groups attached to an aromatic ring is 1. The summed E-state index contributed by atoms with van der Waals surface area (Å²) in [6, 6.07) is 10.0. The van der Waals surface area contributed by atoms with Crippen molar-refractivity contribution in [3.63, 3.8) is 0 Å². The Kier molecular flexibility index (Phi) is 3.70. The highest BCUT2D eigenvalue weighted by atomic mass is 16.5. The third-order valence-electron chi connectivity index (χ3n) is 2.09. The molecule has 0 atom stereocenters. The molecule has 1 heterocycles. The number of anilines is 1. The Morgan fingerprint density at radius 1 is 1.12 bits per heavy atom. The van der Waals surface area contributed by atoms with Gasteiger partial charge in [-0.15, -0.1) is 0 Å². The Balaban J connectivity index is 1.84. The third-order valence-corrected chi connectivity index (χ3v) is 2.09. The zero-order valence-corrected chi connectivity index (χ0v) is 9.28. The SMILES string of the molecule is Nc1cnc(OC/C=C/c2ccccc2)cn1. The molecule has 0 saturated heterocycles. The van der Waals surface area contributed by atoms with Crippen LogP contribution in [-0.4, -0.2) is 16.6 Å². The van der Waals surface area contributed by atoms with Crippen LogP contribution < -0.4 is 10.5 Å². The molecule has 0 saturated carbocycles. The van der Waals surface area contributed by atoms with Crippen LogP contribution >= 0.6 is 0 Å². The fourth-order valence-electron chi connectivity index (χ4n) is 1.28. The number of rotatable bonds is 4. The zero-order valence-electron chi connectivity index (χ0n) is 9.28. The minimum absolute atomic E-state index is 0.386. The van der Waals surface area contributed by atoms with Gasteiger partial charge in [0.25, 0.3) is 0 Å². The van der Waals surface area contributed by atoms with E-state index in [4.69, 9.17) is 10.5 Å². The molecule has 86 valence electrons. The lowest BCUT2D eigenvalue weighted by Crippen LogP contribution is -1.98. The first-order valence-electron chi connectivity index (χ1n) is 5.26. The van der Waals surface area contributed by atoms with Crippen LogP contribution in [0.3, 0.4) is 0 Å². The van der Waals surface area contributed by atoms with Gasteiger partial charge in [0.2, 0.25) is 5.88 Å². The lowest BCUT2D eigenvalue weighted by Gasteiger charge is -2.00. The Hall–Kier alpha value is -2.36. The van der Waals surface area contributed by atoms with Crippen LogP contribution in [0.25, 0.3) is 6.08 Å². The minimum Gasteiger partial charge on any atom is -0.472 e. The molecule has 4 nitrogen and oxygen atoms in total. The predicted molar refractivity (Wildman–Crippen MR) is 67.4 cm³/mol. The summed E-state index contributed by atoms with van der Waals surface area (Å²) in [5.41, 5.74) is 6.55. The summed E-state index contributed by atoms with van der Waals surface area (Å²) in [5.74, 6) is 0.856. The molecule has 0 spiro atoms. The first kappa shape index (κ1) is 11.1. The first-order valence-corrected chi connectivity index (χ1v) is 5.26. The summed E-state index contributed by atoms with van der Waals surface area (Å²) < 4.78 is 5.37. The van der Waals surface area contributed by atoms with Crippen LogP contribution in [0, 0.1) is 0 Å². The molecule has 0 aliphatic rings. The van der Waals surface area contributed by atoms with E-state index in [1.807, 2.05) is 42.5 Å². The van der Waals surface area contributed by atoms with E-state index in [0.29, 0.717) is 18.3 Å². The first-order chi connectivity index (χ1) is 8.34. The topological polar surface area (TPSA) is 61.0 Å². The van der Waals surface area contributed by atoms with E-state index in [2.05, 4.69) is 9.97 Å². The van der Waals surface area contributed by atoms with Crippen LogP contribution in [0.4, 0.5) is 5.82 Å². The Morgan fingerprint density at radius 3 is 2.65 bits per heavy atom. The highest BCUT2D eigenvalue weighted by Gasteiger charge is 1.93. The number of ether oxygens (including phenoxy) is 1. The Morgan fingerprint density at radius 2 is 1.94 bits per heavy atom. The molecule has 17 heavy (non-hydrogen) atoms. The minimum atomic E-state index is 0.386. The highest BCUT2D eigenvalue weighted by Crippen LogP contribution is 2.05. The molecule has 2 rings (SSSR count). The summed E-state index contributed by atoms with van der Waals surface area (Å²) >= 11 is 0. The predicted octanol–water partition coefficient (Wildman–Crippen LogP) is 2.15. The van der Waals surface area contributed by atoms with Gasteiger partial charge < -0.3 is 10.5 Å². The van der Waals surface area contributed by atoms with Gasteiger partial charge in [0.15, 0.2) is 0 Å². The Labute approximate surface area is 99.8 Å². The van der Waals surface area contributed by atoms with E-state index in [0.717, 1.165) is 5.56 Å². The molecule has 0 amide bonds. The largest absolute Gasteiger partial charge is 0.472 e. The molecule has 0 radical (unpaired) electrons. The van der Waals surface area contributed by atoms with Crippen LogP contribution in [0.1, 0.15) is 5.56 Å². The highest BCUT2D eigenvalue weighted by molar-refractivity contribution is 5.48. The molecule has 0 unspecified atom stereocenters. The monoisotopic (exact) mass is 227 g/mol. The van der Waals surface area contributed by atoms with E-state index in [1.165, 1.54) is 12.4 Å². The summed E-state index contributed by atoms with van der Waals surface area (Å²) in [6.45, 7) is 0.452. The van der Waals surface area contributed by atoms with Gasteiger partial charge in [-0.2, -0.15) is 0 Å². The van der Waals surface area contributed by atoms with Crippen molar-refractivity contribution in [2.45, 2.75) is 0 Å². The molecule has 0 aliphatic carbocycles. The molecular formula is C13H13N3O. The second kappa shape index (κ2) is 5.65. The van der Waals surface area contributed by atoms with Gasteiger partial charge in [-0.3, -0.25) is 0 Å². The molecule has 2 N–H and O–H groups in total. The van der Waals surface area contributed by atoms with Crippen molar-refractivity contribution in [2.75, 3.05) is 12.3 Å². The van der Waals surface area contributed by atoms with E-state index in [9.17, 15) is 0 Å². The molecule has 0 aliphatic heterocycles. The van der Waals surface area contributed by atoms with E-state index in [-0.39, 0.29) is 0 Å². The van der Waals surface area contributed by atoms with Crippen LogP contribution in [0.2, 0.25) is 0 Å². The van der Waals surface area contributed by atoms with Crippen molar-refractivity contribution >= 4 is 11.9 Å². The molecule has 4 heteroatoms. The van der Waals surface area contributed by atoms with E-state index >= 15 is 0 Å². The normalized spacial score (nSPS) is 10.6. The number of benzene rings is 1. The lowest BCUT2D eigenvalue weighted by molar-refractivity contribution is 0.347. The number of hydrogen-bond donors (Lipinski definition) is 1. The van der Waals surface area contributed by atoms with Crippen LogP contribution in [0.15, 0.2) is 48.8 Å². The fourth-order valence-corrected chi connectivity index (χ4v) is 1.28. The maximum absolute atomic E-state index is 5.41. The molecular weight excluding hydrogens is 214 g/mol. The fraction of sp³-hybridized carbons (Fsp3) is 0.0769. The average molecular weight is 227 g/mol. The summed E-state index contributed by atoms with van der Waals surface area (Å²) in [5, 5.41) is 0. The second-order valence-corrected chi connectivity index (χ2v) is 3.40. The van der Waals surface area contributed by atoms with Crippen molar-refractivity contribution < 1.29 is 4.74 Å². The average Bonchev–Trinajstić information content (AvgIpc) is 2.38. The van der Waals surface area contributed by atoms with E-state index < -0.39 is 0 Å². The van der Waals surface area contributed by atoms with Crippen molar-refractivity contribution in [3.05, 3.63) is 54.4 Å². The maximum Gasteiger partial charge on any atom is 0.232 e. The van der Waals surface area contributed by atoms with Crippen molar-refractivity contribution in [3.8, 4) is 5.88 Å². The quantitative estimate of drug-likeness (QED) is 0.869. The standard InChI is InChI=1S/C13H13N3O/c14-12-9-16-13(10-15-12)17-8-4-7-11-5-2-1-3-6-11/h1-7,9-10H,8H2,(H2,14,15)/b7-4+. The number of nitrogens with two attached hydrogens (primary N) is 1. The van der Waals surface area contributed by atoms with Crippen molar-refractivity contribution in [2.24, 2.45) is 0 Å². The molecule has 0 fully saturated rings. The number of aromatic nitrogens is 2. The van der Waals surface area contributed by atoms with E-state index in [1.54, 1.807) is 0 Å². The maximum atomic E-state index is 5.41. The molecule has 2 aromatic rings. The Bertz CT molecular complexity index is 480. The van der Waals surface area contributed by atoms with Gasteiger partial charge in [-0.05, 0) is 11.6 Å². The van der Waals surface area contributed by atoms with Crippen molar-refractivity contribution in [1.29, 1.82) is 0 Å². The number of hydrogen-bond acceptors (Lipinski definition) is 4. The molecule has 0 bridgehead atoms. The zero-order chi connectivity index (χ0) is 11.9.